The summed E-state index contributed by atoms with van der Waals surface area (Å²) >= 11 is 0. The van der Waals surface area contributed by atoms with Crippen LogP contribution in [0.4, 0.5) is 5.69 Å². The summed E-state index contributed by atoms with van der Waals surface area (Å²) in [6.45, 7) is 1.37. The first-order chi connectivity index (χ1) is 13.0. The van der Waals surface area contributed by atoms with E-state index < -0.39 is 5.97 Å². The van der Waals surface area contributed by atoms with Crippen LogP contribution in [0.3, 0.4) is 0 Å². The van der Waals surface area contributed by atoms with Crippen molar-refractivity contribution in [2.45, 2.75) is 6.92 Å². The fraction of sp³-hybridized carbons (Fsp3) is 0.211. The topological polar surface area (TPSA) is 98.2 Å². The maximum absolute atomic E-state index is 11.8. The maximum atomic E-state index is 11.8. The van der Waals surface area contributed by atoms with Crippen LogP contribution in [0.2, 0.25) is 0 Å². The third kappa shape index (κ3) is 6.03. The van der Waals surface area contributed by atoms with E-state index in [9.17, 15) is 9.59 Å². The molecule has 0 saturated heterocycles. The molecule has 0 aromatic heterocycles. The van der Waals surface area contributed by atoms with Crippen molar-refractivity contribution in [3.05, 3.63) is 48.0 Å². The zero-order valence-electron chi connectivity index (χ0n) is 15.3. The van der Waals surface area contributed by atoms with Crippen LogP contribution in [-0.4, -0.2) is 38.9 Å². The number of hydrogen-bond donors (Lipinski definition) is 2. The Morgan fingerprint density at radius 3 is 2.26 bits per heavy atom. The number of ether oxygens (including phenoxy) is 3. The smallest absolute Gasteiger partial charge is 0.308 e. The van der Waals surface area contributed by atoms with Gasteiger partial charge in [0.2, 0.25) is 5.75 Å². The van der Waals surface area contributed by atoms with Crippen LogP contribution in [0.25, 0.3) is 0 Å². The van der Waals surface area contributed by atoms with Crippen molar-refractivity contribution in [1.82, 2.24) is 5.43 Å². The lowest BCUT2D eigenvalue weighted by Gasteiger charge is -2.13. The second-order valence-electron chi connectivity index (χ2n) is 5.36. The molecule has 0 unspecified atom stereocenters. The molecule has 8 nitrogen and oxygen atoms in total. The minimum Gasteiger partial charge on any atom is -0.493 e. The molecule has 0 atom stereocenters. The molecular weight excluding hydrogens is 350 g/mol. The summed E-state index contributed by atoms with van der Waals surface area (Å²) in [6.07, 6.45) is 1.43. The number of esters is 1. The van der Waals surface area contributed by atoms with E-state index in [4.69, 9.17) is 14.2 Å². The number of nitrogens with one attached hydrogen (secondary N) is 2. The van der Waals surface area contributed by atoms with E-state index in [0.29, 0.717) is 17.1 Å². The van der Waals surface area contributed by atoms with Crippen LogP contribution in [0.1, 0.15) is 12.5 Å². The van der Waals surface area contributed by atoms with Gasteiger partial charge >= 0.3 is 5.97 Å². The zero-order chi connectivity index (χ0) is 19.6. The Morgan fingerprint density at radius 2 is 1.70 bits per heavy atom. The van der Waals surface area contributed by atoms with Crippen LogP contribution >= 0.6 is 0 Å². The van der Waals surface area contributed by atoms with Crippen LogP contribution in [0.5, 0.6) is 17.2 Å². The molecule has 0 saturated carbocycles. The first kappa shape index (κ1) is 19.8. The predicted molar refractivity (Wildman–Crippen MR) is 102 cm³/mol. The summed E-state index contributed by atoms with van der Waals surface area (Å²) in [5, 5.41) is 6.89. The molecule has 2 aromatic rings. The number of hydrogen-bond acceptors (Lipinski definition) is 7. The van der Waals surface area contributed by atoms with Crippen molar-refractivity contribution in [3.63, 3.8) is 0 Å². The number of hydrazone groups is 1. The number of benzene rings is 2. The number of para-hydroxylation sites is 1. The fourth-order valence-electron chi connectivity index (χ4n) is 2.18. The second kappa shape index (κ2) is 9.81. The van der Waals surface area contributed by atoms with Crippen molar-refractivity contribution >= 4 is 23.8 Å². The number of methoxy groups -OCH3 is 2. The molecule has 0 aliphatic heterocycles. The molecule has 27 heavy (non-hydrogen) atoms. The van der Waals surface area contributed by atoms with Crippen molar-refractivity contribution < 1.29 is 23.8 Å². The highest BCUT2D eigenvalue weighted by atomic mass is 16.6. The van der Waals surface area contributed by atoms with E-state index in [2.05, 4.69) is 15.8 Å². The van der Waals surface area contributed by atoms with Gasteiger partial charge in [-0.1, -0.05) is 18.2 Å². The van der Waals surface area contributed by atoms with Gasteiger partial charge < -0.3 is 19.5 Å². The van der Waals surface area contributed by atoms with E-state index in [1.54, 1.807) is 12.1 Å². The van der Waals surface area contributed by atoms with Gasteiger partial charge in [-0.05, 0) is 24.3 Å². The van der Waals surface area contributed by atoms with E-state index in [1.165, 1.54) is 27.4 Å². The van der Waals surface area contributed by atoms with Crippen LogP contribution in [0.15, 0.2) is 47.6 Å². The van der Waals surface area contributed by atoms with Gasteiger partial charge in [-0.3, -0.25) is 9.59 Å². The Kier molecular flexibility index (Phi) is 7.18. The SMILES string of the molecule is COc1cc(/C=N/NC(=O)CNc2ccccc2)cc(OC)c1OC(C)=O. The Labute approximate surface area is 157 Å². The first-order valence-electron chi connectivity index (χ1n) is 8.08. The molecule has 0 radical (unpaired) electrons. The molecule has 0 aliphatic rings. The van der Waals surface area contributed by atoms with Crippen molar-refractivity contribution in [3.8, 4) is 17.2 Å². The molecule has 2 N–H and O–H groups in total. The zero-order valence-corrected chi connectivity index (χ0v) is 15.3. The van der Waals surface area contributed by atoms with Crippen LogP contribution in [0, 0.1) is 0 Å². The summed E-state index contributed by atoms with van der Waals surface area (Å²) in [5.41, 5.74) is 3.86. The summed E-state index contributed by atoms with van der Waals surface area (Å²) in [7, 11) is 2.89. The van der Waals surface area contributed by atoms with Gasteiger partial charge in [0.05, 0.1) is 27.0 Å². The number of amides is 1. The van der Waals surface area contributed by atoms with Gasteiger partial charge in [0.25, 0.3) is 5.91 Å². The summed E-state index contributed by atoms with van der Waals surface area (Å²) in [4.78, 5) is 23.1. The molecule has 1 amide bonds. The summed E-state index contributed by atoms with van der Waals surface area (Å²) < 4.78 is 15.6. The van der Waals surface area contributed by atoms with Gasteiger partial charge in [-0.25, -0.2) is 5.43 Å². The second-order valence-corrected chi connectivity index (χ2v) is 5.36. The van der Waals surface area contributed by atoms with Crippen LogP contribution in [-0.2, 0) is 9.59 Å². The van der Waals surface area contributed by atoms with Crippen molar-refractivity contribution in [2.24, 2.45) is 5.10 Å². The standard InChI is InChI=1S/C19H21N3O5/c1-13(23)27-19-16(25-2)9-14(10-17(19)26-3)11-21-22-18(24)12-20-15-7-5-4-6-8-15/h4-11,20H,12H2,1-3H3,(H,22,24)/b21-11+. The molecule has 0 spiro atoms. The molecule has 2 aromatic carbocycles. The Bertz CT molecular complexity index is 796. The monoisotopic (exact) mass is 371 g/mol. The van der Waals surface area contributed by atoms with E-state index in [-0.39, 0.29) is 18.2 Å². The van der Waals surface area contributed by atoms with E-state index in [1.807, 2.05) is 30.3 Å². The van der Waals surface area contributed by atoms with Crippen LogP contribution < -0.4 is 25.0 Å². The predicted octanol–water partition coefficient (Wildman–Crippen LogP) is 2.19. The first-order valence-corrected chi connectivity index (χ1v) is 8.08. The maximum Gasteiger partial charge on any atom is 0.308 e. The fourth-order valence-corrected chi connectivity index (χ4v) is 2.18. The van der Waals surface area contributed by atoms with E-state index in [0.717, 1.165) is 5.69 Å². The molecule has 142 valence electrons. The third-order valence-corrected chi connectivity index (χ3v) is 3.36. The van der Waals surface area contributed by atoms with Gasteiger partial charge in [0.15, 0.2) is 11.5 Å². The number of rotatable bonds is 8. The third-order valence-electron chi connectivity index (χ3n) is 3.36. The molecule has 0 fully saturated rings. The molecular formula is C19H21N3O5. The number of carbonyl (C=O) groups is 2. The quantitative estimate of drug-likeness (QED) is 0.319. The largest absolute Gasteiger partial charge is 0.493 e. The van der Waals surface area contributed by atoms with E-state index >= 15 is 0 Å². The summed E-state index contributed by atoms with van der Waals surface area (Å²) in [5.74, 6) is 0.00338. The lowest BCUT2D eigenvalue weighted by molar-refractivity contribution is -0.132. The molecule has 8 heteroatoms. The Balaban J connectivity index is 2.01. The highest BCUT2D eigenvalue weighted by Gasteiger charge is 2.15. The summed E-state index contributed by atoms with van der Waals surface area (Å²) in [6, 6.07) is 12.6. The molecule has 2 rings (SSSR count). The Hall–Kier alpha value is -3.55. The van der Waals surface area contributed by atoms with Gasteiger partial charge in [-0.2, -0.15) is 5.10 Å². The minimum atomic E-state index is -0.494. The molecule has 0 aliphatic carbocycles. The number of nitrogens with zero attached hydrogens (tertiary/aromatic N) is 1. The van der Waals surface area contributed by atoms with Gasteiger partial charge in [0, 0.05) is 18.2 Å². The van der Waals surface area contributed by atoms with Crippen molar-refractivity contribution in [2.75, 3.05) is 26.1 Å². The lowest BCUT2D eigenvalue weighted by atomic mass is 10.2. The average Bonchev–Trinajstić information content (AvgIpc) is 2.67. The van der Waals surface area contributed by atoms with Gasteiger partial charge in [0.1, 0.15) is 0 Å². The number of anilines is 1. The molecule has 0 heterocycles. The minimum absolute atomic E-state index is 0.0827. The average molecular weight is 371 g/mol. The van der Waals surface area contributed by atoms with Gasteiger partial charge in [-0.15, -0.1) is 0 Å². The number of carbonyl (C=O) groups excluding carboxylic acids is 2. The highest BCUT2D eigenvalue weighted by molar-refractivity contribution is 5.86. The molecule has 0 bridgehead atoms. The van der Waals surface area contributed by atoms with Crippen molar-refractivity contribution in [1.29, 1.82) is 0 Å². The lowest BCUT2D eigenvalue weighted by Crippen LogP contribution is -2.25. The Morgan fingerprint density at radius 1 is 1.07 bits per heavy atom. The normalized spacial score (nSPS) is 10.3. The highest BCUT2D eigenvalue weighted by Crippen LogP contribution is 2.38.